The zero-order valence-electron chi connectivity index (χ0n) is 9.62. The second kappa shape index (κ2) is 6.70. The van der Waals surface area contributed by atoms with Crippen molar-refractivity contribution in [3.8, 4) is 5.75 Å². The largest absolute Gasteiger partial charge is 0.496 e. The molecule has 0 heterocycles. The maximum atomic E-state index is 5.89. The van der Waals surface area contributed by atoms with Crippen LogP contribution >= 0.6 is 12.4 Å². The van der Waals surface area contributed by atoms with E-state index < -0.39 is 0 Å². The van der Waals surface area contributed by atoms with Crippen LogP contribution in [0.5, 0.6) is 5.75 Å². The summed E-state index contributed by atoms with van der Waals surface area (Å²) in [6.45, 7) is 4.17. The maximum absolute atomic E-state index is 5.89. The van der Waals surface area contributed by atoms with Gasteiger partial charge in [-0.25, -0.2) is 0 Å². The molecule has 15 heavy (non-hydrogen) atoms. The molecule has 3 heteroatoms. The van der Waals surface area contributed by atoms with Crippen LogP contribution in [-0.4, -0.2) is 13.2 Å². The van der Waals surface area contributed by atoms with Crippen molar-refractivity contribution in [1.82, 2.24) is 0 Å². The van der Waals surface area contributed by atoms with Gasteiger partial charge in [0.2, 0.25) is 0 Å². The number of benzene rings is 1. The third-order valence-corrected chi connectivity index (χ3v) is 2.48. The lowest BCUT2D eigenvalue weighted by Crippen LogP contribution is -2.21. The molecule has 2 N–H and O–H groups in total. The minimum atomic E-state index is 0. The zero-order chi connectivity index (χ0) is 10.6. The predicted octanol–water partition coefficient (Wildman–Crippen LogP) is 2.71. The number of aryl methyl sites for hydroxylation is 1. The van der Waals surface area contributed by atoms with E-state index in [4.69, 9.17) is 10.5 Å². The Morgan fingerprint density at radius 3 is 2.53 bits per heavy atom. The molecule has 1 rings (SSSR count). The van der Waals surface area contributed by atoms with Gasteiger partial charge < -0.3 is 10.5 Å². The van der Waals surface area contributed by atoms with Gasteiger partial charge in [-0.2, -0.15) is 0 Å². The van der Waals surface area contributed by atoms with Gasteiger partial charge in [-0.15, -0.1) is 12.4 Å². The summed E-state index contributed by atoms with van der Waals surface area (Å²) >= 11 is 0. The number of rotatable bonds is 4. The van der Waals surface area contributed by atoms with Crippen molar-refractivity contribution in [3.63, 3.8) is 0 Å². The zero-order valence-corrected chi connectivity index (χ0v) is 10.4. The molecule has 0 bridgehead atoms. The summed E-state index contributed by atoms with van der Waals surface area (Å²) in [6.07, 6.45) is 1.96. The fraction of sp³-hybridized carbons (Fsp3) is 0.500. The van der Waals surface area contributed by atoms with Crippen molar-refractivity contribution >= 4 is 12.4 Å². The van der Waals surface area contributed by atoms with Gasteiger partial charge in [0.15, 0.2) is 0 Å². The van der Waals surface area contributed by atoms with Crippen molar-refractivity contribution in [2.45, 2.75) is 32.7 Å². The highest BCUT2D eigenvalue weighted by Gasteiger charge is 2.03. The van der Waals surface area contributed by atoms with E-state index in [1.165, 1.54) is 11.1 Å². The molecule has 1 unspecified atom stereocenters. The minimum absolute atomic E-state index is 0. The summed E-state index contributed by atoms with van der Waals surface area (Å²) in [4.78, 5) is 0. The lowest BCUT2D eigenvalue weighted by molar-refractivity contribution is 0.411. The smallest absolute Gasteiger partial charge is 0.121 e. The number of hydrogen-bond donors (Lipinski definition) is 1. The third-order valence-electron chi connectivity index (χ3n) is 2.48. The van der Waals surface area contributed by atoms with E-state index in [-0.39, 0.29) is 18.4 Å². The molecule has 0 aliphatic carbocycles. The fourth-order valence-electron chi connectivity index (χ4n) is 1.51. The molecule has 1 aromatic rings. The van der Waals surface area contributed by atoms with E-state index >= 15 is 0 Å². The summed E-state index contributed by atoms with van der Waals surface area (Å²) in [7, 11) is 1.69. The first-order chi connectivity index (χ1) is 6.67. The monoisotopic (exact) mass is 229 g/mol. The number of halogens is 1. The standard InChI is InChI=1S/C12H19NO.ClH/c1-4-11(13)8-10-5-6-12(14-3)9(2)7-10;/h5-7,11H,4,8,13H2,1-3H3;1H. The number of methoxy groups -OCH3 is 1. The second-order valence-electron chi connectivity index (χ2n) is 3.68. The van der Waals surface area contributed by atoms with Gasteiger partial charge in [-0.3, -0.25) is 0 Å². The molecule has 0 fully saturated rings. The van der Waals surface area contributed by atoms with Crippen molar-refractivity contribution in [3.05, 3.63) is 29.3 Å². The van der Waals surface area contributed by atoms with Crippen molar-refractivity contribution in [2.75, 3.05) is 7.11 Å². The molecular formula is C12H20ClNO. The van der Waals surface area contributed by atoms with Crippen molar-refractivity contribution in [2.24, 2.45) is 5.73 Å². The Bertz CT molecular complexity index is 302. The molecule has 0 spiro atoms. The summed E-state index contributed by atoms with van der Waals surface area (Å²) in [5.74, 6) is 0.943. The molecule has 0 aliphatic rings. The molecule has 0 amide bonds. The molecule has 2 nitrogen and oxygen atoms in total. The van der Waals surface area contributed by atoms with E-state index in [2.05, 4.69) is 26.0 Å². The van der Waals surface area contributed by atoms with Crippen LogP contribution in [0.3, 0.4) is 0 Å². The van der Waals surface area contributed by atoms with Gasteiger partial charge in [-0.05, 0) is 37.0 Å². The van der Waals surface area contributed by atoms with E-state index in [0.29, 0.717) is 0 Å². The Morgan fingerprint density at radius 2 is 2.07 bits per heavy atom. The summed E-state index contributed by atoms with van der Waals surface area (Å²) in [5, 5.41) is 0. The van der Waals surface area contributed by atoms with Crippen LogP contribution in [-0.2, 0) is 6.42 Å². The van der Waals surface area contributed by atoms with Gasteiger partial charge in [0.25, 0.3) is 0 Å². The molecular weight excluding hydrogens is 210 g/mol. The van der Waals surface area contributed by atoms with Crippen LogP contribution in [0.4, 0.5) is 0 Å². The van der Waals surface area contributed by atoms with Gasteiger partial charge in [0.05, 0.1) is 7.11 Å². The molecule has 0 aromatic heterocycles. The van der Waals surface area contributed by atoms with E-state index in [1.807, 2.05) is 6.07 Å². The van der Waals surface area contributed by atoms with Gasteiger partial charge in [-0.1, -0.05) is 19.1 Å². The maximum Gasteiger partial charge on any atom is 0.121 e. The van der Waals surface area contributed by atoms with Crippen LogP contribution in [0.1, 0.15) is 24.5 Å². The summed E-state index contributed by atoms with van der Waals surface area (Å²) in [6, 6.07) is 6.51. The highest BCUT2D eigenvalue weighted by Crippen LogP contribution is 2.19. The van der Waals surface area contributed by atoms with Crippen molar-refractivity contribution in [1.29, 1.82) is 0 Å². The molecule has 0 aliphatic heterocycles. The molecule has 0 saturated heterocycles. The van der Waals surface area contributed by atoms with Crippen LogP contribution in [0.2, 0.25) is 0 Å². The number of ether oxygens (including phenoxy) is 1. The van der Waals surface area contributed by atoms with Crippen molar-refractivity contribution < 1.29 is 4.74 Å². The van der Waals surface area contributed by atoms with Gasteiger partial charge in [0.1, 0.15) is 5.75 Å². The van der Waals surface area contributed by atoms with E-state index in [1.54, 1.807) is 7.11 Å². The molecule has 1 atom stereocenters. The highest BCUT2D eigenvalue weighted by atomic mass is 35.5. The minimum Gasteiger partial charge on any atom is -0.496 e. The quantitative estimate of drug-likeness (QED) is 0.862. The lowest BCUT2D eigenvalue weighted by Gasteiger charge is -2.11. The van der Waals surface area contributed by atoms with Crippen LogP contribution in [0.15, 0.2) is 18.2 Å². The lowest BCUT2D eigenvalue weighted by atomic mass is 10.0. The second-order valence-corrected chi connectivity index (χ2v) is 3.68. The van der Waals surface area contributed by atoms with E-state index in [9.17, 15) is 0 Å². The van der Waals surface area contributed by atoms with Crippen LogP contribution in [0.25, 0.3) is 0 Å². The Labute approximate surface area is 98.2 Å². The average Bonchev–Trinajstić information content (AvgIpc) is 2.18. The topological polar surface area (TPSA) is 35.2 Å². The molecule has 0 saturated carbocycles. The first-order valence-corrected chi connectivity index (χ1v) is 5.06. The predicted molar refractivity (Wildman–Crippen MR) is 66.9 cm³/mol. The van der Waals surface area contributed by atoms with Crippen LogP contribution in [0, 0.1) is 6.92 Å². The first-order valence-electron chi connectivity index (χ1n) is 5.06. The third kappa shape index (κ3) is 4.10. The Kier molecular flexibility index (Phi) is 6.37. The Hall–Kier alpha value is -0.730. The normalized spacial score (nSPS) is 11.7. The van der Waals surface area contributed by atoms with E-state index in [0.717, 1.165) is 18.6 Å². The van der Waals surface area contributed by atoms with Gasteiger partial charge >= 0.3 is 0 Å². The molecule has 0 radical (unpaired) electrons. The highest BCUT2D eigenvalue weighted by molar-refractivity contribution is 5.85. The first kappa shape index (κ1) is 14.3. The van der Waals surface area contributed by atoms with Gasteiger partial charge in [0, 0.05) is 6.04 Å². The molecule has 1 aromatic carbocycles. The molecule has 86 valence electrons. The summed E-state index contributed by atoms with van der Waals surface area (Å²) < 4.78 is 5.20. The SMILES string of the molecule is CCC(N)Cc1ccc(OC)c(C)c1.Cl. The fourth-order valence-corrected chi connectivity index (χ4v) is 1.51. The number of nitrogens with two attached hydrogens (primary N) is 1. The number of hydrogen-bond acceptors (Lipinski definition) is 2. The summed E-state index contributed by atoms with van der Waals surface area (Å²) in [5.41, 5.74) is 8.36. The average molecular weight is 230 g/mol. The van der Waals surface area contributed by atoms with Crippen LogP contribution < -0.4 is 10.5 Å². The Morgan fingerprint density at radius 1 is 1.40 bits per heavy atom. The Balaban J connectivity index is 0.00000196.